The number of thiophene rings is 1. The standard InChI is InChI=1S/C14H24ClNOS/c1-5-16-12(14(10(3)4)17-6-2)9-11-7-8-13(15)18-11/h7-8,10,12,14,16H,5-6,9H2,1-4H3. The highest BCUT2D eigenvalue weighted by Gasteiger charge is 2.25. The molecule has 0 amide bonds. The molecule has 0 aliphatic carbocycles. The first-order valence-electron chi connectivity index (χ1n) is 6.67. The van der Waals surface area contributed by atoms with Gasteiger partial charge in [0, 0.05) is 17.5 Å². The van der Waals surface area contributed by atoms with E-state index >= 15 is 0 Å². The molecule has 0 spiro atoms. The summed E-state index contributed by atoms with van der Waals surface area (Å²) in [5, 5.41) is 3.55. The highest BCUT2D eigenvalue weighted by atomic mass is 35.5. The molecule has 0 aliphatic heterocycles. The first kappa shape index (κ1) is 16.0. The minimum Gasteiger partial charge on any atom is -0.377 e. The third kappa shape index (κ3) is 4.88. The highest BCUT2D eigenvalue weighted by molar-refractivity contribution is 7.16. The number of nitrogens with one attached hydrogen (secondary N) is 1. The molecule has 104 valence electrons. The molecule has 1 rings (SSSR count). The van der Waals surface area contributed by atoms with E-state index in [1.807, 2.05) is 6.07 Å². The monoisotopic (exact) mass is 289 g/mol. The van der Waals surface area contributed by atoms with E-state index in [9.17, 15) is 0 Å². The number of likely N-dealkylation sites (N-methyl/N-ethyl adjacent to an activating group) is 1. The van der Waals surface area contributed by atoms with Crippen molar-refractivity contribution in [1.29, 1.82) is 0 Å². The minimum atomic E-state index is 0.246. The van der Waals surface area contributed by atoms with Crippen LogP contribution in [0, 0.1) is 5.92 Å². The summed E-state index contributed by atoms with van der Waals surface area (Å²) < 4.78 is 6.77. The van der Waals surface area contributed by atoms with Crippen LogP contribution in [-0.2, 0) is 11.2 Å². The van der Waals surface area contributed by atoms with E-state index in [0.717, 1.165) is 23.9 Å². The van der Waals surface area contributed by atoms with Crippen LogP contribution in [0.4, 0.5) is 0 Å². The molecule has 0 saturated carbocycles. The zero-order valence-electron chi connectivity index (χ0n) is 11.7. The van der Waals surface area contributed by atoms with Crippen molar-refractivity contribution in [1.82, 2.24) is 5.32 Å². The molecule has 0 saturated heterocycles. The van der Waals surface area contributed by atoms with E-state index in [0.29, 0.717) is 12.0 Å². The molecular weight excluding hydrogens is 266 g/mol. The largest absolute Gasteiger partial charge is 0.377 e. The second-order valence-corrected chi connectivity index (χ2v) is 6.54. The normalized spacial score (nSPS) is 15.0. The smallest absolute Gasteiger partial charge is 0.0931 e. The average molecular weight is 290 g/mol. The van der Waals surface area contributed by atoms with Crippen LogP contribution >= 0.6 is 22.9 Å². The van der Waals surface area contributed by atoms with E-state index in [4.69, 9.17) is 16.3 Å². The van der Waals surface area contributed by atoms with E-state index in [1.165, 1.54) is 4.88 Å². The van der Waals surface area contributed by atoms with Crippen molar-refractivity contribution >= 4 is 22.9 Å². The van der Waals surface area contributed by atoms with E-state index in [2.05, 4.69) is 39.1 Å². The molecule has 1 heterocycles. The summed E-state index contributed by atoms with van der Waals surface area (Å²) in [4.78, 5) is 1.32. The lowest BCUT2D eigenvalue weighted by molar-refractivity contribution is 0.00413. The van der Waals surface area contributed by atoms with Gasteiger partial charge in [0.25, 0.3) is 0 Å². The van der Waals surface area contributed by atoms with Gasteiger partial charge in [0.1, 0.15) is 0 Å². The van der Waals surface area contributed by atoms with Gasteiger partial charge in [0.2, 0.25) is 0 Å². The van der Waals surface area contributed by atoms with Gasteiger partial charge in [-0.25, -0.2) is 0 Å². The molecule has 2 unspecified atom stereocenters. The van der Waals surface area contributed by atoms with Gasteiger partial charge in [0.15, 0.2) is 0 Å². The Morgan fingerprint density at radius 3 is 2.50 bits per heavy atom. The number of rotatable bonds is 8. The molecule has 0 radical (unpaired) electrons. The summed E-state index contributed by atoms with van der Waals surface area (Å²) in [7, 11) is 0. The number of hydrogen-bond acceptors (Lipinski definition) is 3. The zero-order chi connectivity index (χ0) is 13.5. The summed E-state index contributed by atoms with van der Waals surface area (Å²) in [5.41, 5.74) is 0. The van der Waals surface area contributed by atoms with Gasteiger partial charge in [-0.2, -0.15) is 0 Å². The quantitative estimate of drug-likeness (QED) is 0.781. The van der Waals surface area contributed by atoms with Crippen LogP contribution in [0.5, 0.6) is 0 Å². The maximum Gasteiger partial charge on any atom is 0.0931 e. The molecule has 2 nitrogen and oxygen atoms in total. The average Bonchev–Trinajstić information content (AvgIpc) is 2.71. The van der Waals surface area contributed by atoms with Gasteiger partial charge in [-0.15, -0.1) is 11.3 Å². The highest BCUT2D eigenvalue weighted by Crippen LogP contribution is 2.24. The lowest BCUT2D eigenvalue weighted by Crippen LogP contribution is -2.45. The third-order valence-corrected chi connectivity index (χ3v) is 4.18. The van der Waals surface area contributed by atoms with Crippen molar-refractivity contribution in [3.05, 3.63) is 21.3 Å². The zero-order valence-corrected chi connectivity index (χ0v) is 13.3. The van der Waals surface area contributed by atoms with E-state index in [-0.39, 0.29) is 6.10 Å². The molecule has 0 aromatic carbocycles. The van der Waals surface area contributed by atoms with Crippen LogP contribution in [0.25, 0.3) is 0 Å². The number of hydrogen-bond donors (Lipinski definition) is 1. The summed E-state index contributed by atoms with van der Waals surface area (Å²) in [5.74, 6) is 0.504. The van der Waals surface area contributed by atoms with Crippen molar-refractivity contribution in [3.63, 3.8) is 0 Å². The van der Waals surface area contributed by atoms with Crippen molar-refractivity contribution in [3.8, 4) is 0 Å². The Bertz CT molecular complexity index is 340. The van der Waals surface area contributed by atoms with Gasteiger partial charge in [-0.3, -0.25) is 0 Å². The van der Waals surface area contributed by atoms with Crippen LogP contribution in [0.1, 0.15) is 32.6 Å². The molecule has 1 aromatic rings. The Kier molecular flexibility index (Phi) is 7.23. The summed E-state index contributed by atoms with van der Waals surface area (Å²) >= 11 is 7.65. The topological polar surface area (TPSA) is 21.3 Å². The van der Waals surface area contributed by atoms with Crippen LogP contribution in [0.15, 0.2) is 12.1 Å². The molecule has 0 aliphatic rings. The number of halogens is 1. The maximum atomic E-state index is 5.99. The molecule has 1 N–H and O–H groups in total. The fourth-order valence-electron chi connectivity index (χ4n) is 2.21. The van der Waals surface area contributed by atoms with Crippen LogP contribution in [0.3, 0.4) is 0 Å². The lowest BCUT2D eigenvalue weighted by Gasteiger charge is -2.30. The molecule has 0 bridgehead atoms. The number of ether oxygens (including phenoxy) is 1. The Hall–Kier alpha value is -0.0900. The fourth-order valence-corrected chi connectivity index (χ4v) is 3.36. The second kappa shape index (κ2) is 8.16. The predicted molar refractivity (Wildman–Crippen MR) is 80.7 cm³/mol. The van der Waals surface area contributed by atoms with Crippen LogP contribution < -0.4 is 5.32 Å². The minimum absolute atomic E-state index is 0.246. The molecule has 18 heavy (non-hydrogen) atoms. The van der Waals surface area contributed by atoms with E-state index < -0.39 is 0 Å². The Morgan fingerprint density at radius 2 is 2.06 bits per heavy atom. The van der Waals surface area contributed by atoms with Gasteiger partial charge in [-0.1, -0.05) is 32.4 Å². The summed E-state index contributed by atoms with van der Waals surface area (Å²) in [6.45, 7) is 10.3. The Labute approximate surface area is 120 Å². The first-order valence-corrected chi connectivity index (χ1v) is 7.87. The maximum absolute atomic E-state index is 5.99. The Morgan fingerprint density at radius 1 is 1.33 bits per heavy atom. The van der Waals surface area contributed by atoms with Gasteiger partial charge < -0.3 is 10.1 Å². The van der Waals surface area contributed by atoms with Gasteiger partial charge in [0.05, 0.1) is 10.4 Å². The Balaban J connectivity index is 2.72. The third-order valence-electron chi connectivity index (χ3n) is 2.93. The van der Waals surface area contributed by atoms with Crippen molar-refractivity contribution < 1.29 is 4.74 Å². The predicted octanol–water partition coefficient (Wildman–Crippen LogP) is 3.98. The molecule has 2 atom stereocenters. The van der Waals surface area contributed by atoms with Crippen molar-refractivity contribution in [2.75, 3.05) is 13.2 Å². The summed E-state index contributed by atoms with van der Waals surface area (Å²) in [6.07, 6.45) is 1.23. The van der Waals surface area contributed by atoms with E-state index in [1.54, 1.807) is 11.3 Å². The molecular formula is C14H24ClNOS. The fraction of sp³-hybridized carbons (Fsp3) is 0.714. The second-order valence-electron chi connectivity index (χ2n) is 4.74. The van der Waals surface area contributed by atoms with Gasteiger partial charge >= 0.3 is 0 Å². The molecule has 1 aromatic heterocycles. The molecule has 4 heteroatoms. The summed E-state index contributed by atoms with van der Waals surface area (Å²) in [6, 6.07) is 4.43. The van der Waals surface area contributed by atoms with Crippen molar-refractivity contribution in [2.24, 2.45) is 5.92 Å². The van der Waals surface area contributed by atoms with Gasteiger partial charge in [-0.05, 0) is 37.9 Å². The first-order chi connectivity index (χ1) is 8.58. The SMILES string of the molecule is CCNC(Cc1ccc(Cl)s1)C(OCC)C(C)C. The molecule has 0 fully saturated rings. The van der Waals surface area contributed by atoms with Crippen LogP contribution in [-0.4, -0.2) is 25.3 Å². The van der Waals surface area contributed by atoms with Crippen molar-refractivity contribution in [2.45, 2.75) is 46.3 Å². The lowest BCUT2D eigenvalue weighted by atomic mass is 9.96. The van der Waals surface area contributed by atoms with Crippen LogP contribution in [0.2, 0.25) is 4.34 Å².